The lowest BCUT2D eigenvalue weighted by Crippen LogP contribution is -2.51. The first-order valence-electron chi connectivity index (χ1n) is 10.9. The molecule has 3 saturated carbocycles. The second kappa shape index (κ2) is 6.05. The van der Waals surface area contributed by atoms with Crippen LogP contribution in [0.2, 0.25) is 0 Å². The van der Waals surface area contributed by atoms with Gasteiger partial charge in [-0.05, 0) is 86.9 Å². The fourth-order valence-corrected chi connectivity index (χ4v) is 11.2. The van der Waals surface area contributed by atoms with Crippen LogP contribution in [0, 0.1) is 34.5 Å². The van der Waals surface area contributed by atoms with Crippen LogP contribution in [-0.2, 0) is 4.79 Å². The van der Waals surface area contributed by atoms with Gasteiger partial charge >= 0.3 is 0 Å². The summed E-state index contributed by atoms with van der Waals surface area (Å²) in [6, 6.07) is 0. The monoisotopic (exact) mass is 390 g/mol. The number of hydrogen-bond acceptors (Lipinski definition) is 3. The average molecular weight is 391 g/mol. The summed E-state index contributed by atoms with van der Waals surface area (Å²) in [5.41, 5.74) is 2.57. The largest absolute Gasteiger partial charge is 0.300 e. The Morgan fingerprint density at radius 2 is 1.77 bits per heavy atom. The number of allylic oxidation sites excluding steroid dienone is 1. The smallest absolute Gasteiger partial charge is 0.133 e. The van der Waals surface area contributed by atoms with E-state index in [-0.39, 0.29) is 0 Å². The van der Waals surface area contributed by atoms with Gasteiger partial charge in [0, 0.05) is 17.4 Å². The molecule has 6 unspecified atom stereocenters. The van der Waals surface area contributed by atoms with Crippen LogP contribution in [0.15, 0.2) is 11.6 Å². The van der Waals surface area contributed by atoms with Crippen LogP contribution >= 0.6 is 23.5 Å². The van der Waals surface area contributed by atoms with Crippen LogP contribution < -0.4 is 0 Å². The Morgan fingerprint density at radius 3 is 2.50 bits per heavy atom. The molecule has 3 heteroatoms. The van der Waals surface area contributed by atoms with Crippen molar-refractivity contribution in [1.29, 1.82) is 0 Å². The van der Waals surface area contributed by atoms with Crippen LogP contribution in [0.3, 0.4) is 0 Å². The van der Waals surface area contributed by atoms with Crippen LogP contribution in [-0.4, -0.2) is 21.4 Å². The van der Waals surface area contributed by atoms with Gasteiger partial charge in [0.05, 0.1) is 4.08 Å². The molecule has 1 aliphatic heterocycles. The van der Waals surface area contributed by atoms with Gasteiger partial charge in [-0.1, -0.05) is 25.5 Å². The minimum Gasteiger partial charge on any atom is -0.300 e. The first kappa shape index (κ1) is 18.2. The summed E-state index contributed by atoms with van der Waals surface area (Å²) in [4.78, 5) is 12.3. The lowest BCUT2D eigenvalue weighted by molar-refractivity contribution is -0.127. The predicted octanol–water partition coefficient (Wildman–Crippen LogP) is 6.33. The van der Waals surface area contributed by atoms with Gasteiger partial charge in [0.1, 0.15) is 5.78 Å². The molecule has 5 aliphatic rings. The van der Waals surface area contributed by atoms with Gasteiger partial charge in [0.15, 0.2) is 0 Å². The number of carbonyl (C=O) groups excluding carboxylic acids is 1. The van der Waals surface area contributed by atoms with Crippen molar-refractivity contribution in [2.75, 3.05) is 11.5 Å². The molecule has 0 aromatic heterocycles. The number of Topliss-reactive ketones (excluding diaryl/α,β-unsaturated/α-hetero) is 1. The molecule has 1 heterocycles. The van der Waals surface area contributed by atoms with E-state index in [1.807, 2.05) is 12.5 Å². The summed E-state index contributed by atoms with van der Waals surface area (Å²) in [7, 11) is 0. The van der Waals surface area contributed by atoms with Crippen molar-refractivity contribution in [2.45, 2.75) is 76.2 Å². The topological polar surface area (TPSA) is 17.1 Å². The Balaban J connectivity index is 1.45. The number of rotatable bonds is 1. The SMILES string of the molecule is CC(=O)C1CCC2C3CCC4=CC5(CCC4(C)C3CCC12C)SCCS5. The predicted molar refractivity (Wildman–Crippen MR) is 114 cm³/mol. The second-order valence-electron chi connectivity index (χ2n) is 10.3. The first-order valence-corrected chi connectivity index (χ1v) is 12.9. The number of ketones is 1. The van der Waals surface area contributed by atoms with Gasteiger partial charge in [-0.3, -0.25) is 4.79 Å². The van der Waals surface area contributed by atoms with E-state index >= 15 is 0 Å². The van der Waals surface area contributed by atoms with Crippen molar-refractivity contribution in [1.82, 2.24) is 0 Å². The molecule has 0 bridgehead atoms. The van der Waals surface area contributed by atoms with Crippen molar-refractivity contribution >= 4 is 29.3 Å². The third-order valence-electron chi connectivity index (χ3n) is 9.39. The van der Waals surface area contributed by atoms with Crippen molar-refractivity contribution in [3.63, 3.8) is 0 Å². The van der Waals surface area contributed by atoms with E-state index in [0.717, 1.165) is 24.2 Å². The second-order valence-corrected chi connectivity index (χ2v) is 13.4. The molecule has 4 fully saturated rings. The summed E-state index contributed by atoms with van der Waals surface area (Å²) in [5.74, 6) is 6.04. The minimum absolute atomic E-state index is 0.303. The highest BCUT2D eigenvalue weighted by Gasteiger charge is 2.60. The highest BCUT2D eigenvalue weighted by Crippen LogP contribution is 2.68. The Hall–Kier alpha value is 0.110. The van der Waals surface area contributed by atoms with Crippen LogP contribution in [0.5, 0.6) is 0 Å². The standard InChI is InChI=1S/C23H34OS2/c1-15(24)18-6-7-19-17-5-4-16-14-23(25-12-13-26-23)11-10-21(16,2)20(17)8-9-22(18,19)3/h14,17-20H,4-13H2,1-3H3. The molecule has 4 aliphatic carbocycles. The zero-order valence-electron chi connectivity index (χ0n) is 16.7. The third-order valence-corrected chi connectivity index (χ3v) is 12.8. The third kappa shape index (κ3) is 2.41. The zero-order chi connectivity index (χ0) is 18.2. The molecule has 1 saturated heterocycles. The molecule has 0 N–H and O–H groups in total. The maximum Gasteiger partial charge on any atom is 0.133 e. The fraction of sp³-hybridized carbons (Fsp3) is 0.870. The maximum absolute atomic E-state index is 12.3. The number of hydrogen-bond donors (Lipinski definition) is 0. The van der Waals surface area contributed by atoms with E-state index in [1.54, 1.807) is 0 Å². The molecule has 0 radical (unpaired) electrons. The van der Waals surface area contributed by atoms with Crippen molar-refractivity contribution in [3.05, 3.63) is 11.6 Å². The Kier molecular flexibility index (Phi) is 4.23. The van der Waals surface area contributed by atoms with Gasteiger partial charge in [0.2, 0.25) is 0 Å². The average Bonchev–Trinajstić information content (AvgIpc) is 3.20. The molecule has 1 spiro atoms. The van der Waals surface area contributed by atoms with E-state index in [2.05, 4.69) is 43.4 Å². The summed E-state index contributed by atoms with van der Waals surface area (Å²) in [6.45, 7) is 6.94. The van der Waals surface area contributed by atoms with E-state index < -0.39 is 0 Å². The Labute approximate surface area is 167 Å². The van der Waals surface area contributed by atoms with Gasteiger partial charge < -0.3 is 0 Å². The first-order chi connectivity index (χ1) is 12.4. The van der Waals surface area contributed by atoms with E-state index in [9.17, 15) is 4.79 Å². The summed E-state index contributed by atoms with van der Waals surface area (Å²) < 4.78 is 0.429. The summed E-state index contributed by atoms with van der Waals surface area (Å²) >= 11 is 4.43. The maximum atomic E-state index is 12.3. The van der Waals surface area contributed by atoms with Gasteiger partial charge in [0.25, 0.3) is 0 Å². The summed E-state index contributed by atoms with van der Waals surface area (Å²) in [5, 5.41) is 0. The molecule has 144 valence electrons. The van der Waals surface area contributed by atoms with E-state index in [4.69, 9.17) is 0 Å². The van der Waals surface area contributed by atoms with Gasteiger partial charge in [-0.25, -0.2) is 0 Å². The van der Waals surface area contributed by atoms with E-state index in [1.165, 1.54) is 56.5 Å². The molecule has 6 atom stereocenters. The zero-order valence-corrected chi connectivity index (χ0v) is 18.3. The minimum atomic E-state index is 0.303. The van der Waals surface area contributed by atoms with Crippen LogP contribution in [0.4, 0.5) is 0 Å². The van der Waals surface area contributed by atoms with Gasteiger partial charge in [-0.15, -0.1) is 23.5 Å². The molecule has 0 aromatic carbocycles. The van der Waals surface area contributed by atoms with Gasteiger partial charge in [-0.2, -0.15) is 0 Å². The molecule has 26 heavy (non-hydrogen) atoms. The van der Waals surface area contributed by atoms with Crippen molar-refractivity contribution in [3.8, 4) is 0 Å². The van der Waals surface area contributed by atoms with Crippen molar-refractivity contribution < 1.29 is 4.79 Å². The van der Waals surface area contributed by atoms with Crippen molar-refractivity contribution in [2.24, 2.45) is 34.5 Å². The fourth-order valence-electron chi connectivity index (χ4n) is 8.05. The number of fused-ring (bicyclic) bond motifs is 5. The molecule has 0 aromatic rings. The molecule has 1 nitrogen and oxygen atoms in total. The number of carbonyl (C=O) groups is 1. The molecule has 0 amide bonds. The molecular formula is C23H34OS2. The summed E-state index contributed by atoms with van der Waals surface area (Å²) in [6.07, 6.45) is 13.4. The van der Waals surface area contributed by atoms with Crippen LogP contribution in [0.25, 0.3) is 0 Å². The Bertz CT molecular complexity index is 649. The molecular weight excluding hydrogens is 356 g/mol. The highest BCUT2D eigenvalue weighted by atomic mass is 32.2. The lowest BCUT2D eigenvalue weighted by Gasteiger charge is -2.59. The number of thioether (sulfide) groups is 2. The Morgan fingerprint density at radius 1 is 1.00 bits per heavy atom. The van der Waals surface area contributed by atoms with E-state index in [0.29, 0.717) is 26.6 Å². The van der Waals surface area contributed by atoms with Crippen LogP contribution in [0.1, 0.15) is 72.1 Å². The highest BCUT2D eigenvalue weighted by molar-refractivity contribution is 8.21. The normalized spacial score (nSPS) is 49.3. The molecule has 5 rings (SSSR count). The lowest BCUT2D eigenvalue weighted by atomic mass is 9.46. The quantitative estimate of drug-likeness (QED) is 0.487.